The van der Waals surface area contributed by atoms with Gasteiger partial charge in [0, 0.05) is 48.4 Å². The monoisotopic (exact) mass is 558 g/mol. The van der Waals surface area contributed by atoms with E-state index in [1.54, 1.807) is 31.6 Å². The zero-order valence-electron chi connectivity index (χ0n) is 22.5. The molecule has 1 N–H and O–H groups in total. The molecule has 0 atom stereocenters. The van der Waals surface area contributed by atoms with Gasteiger partial charge >= 0.3 is 5.88 Å². The van der Waals surface area contributed by atoms with E-state index in [-0.39, 0.29) is 5.91 Å². The lowest BCUT2D eigenvalue weighted by Gasteiger charge is -2.20. The summed E-state index contributed by atoms with van der Waals surface area (Å²) in [5.41, 5.74) is 5.00. The van der Waals surface area contributed by atoms with Gasteiger partial charge in [0.2, 0.25) is 10.0 Å². The highest BCUT2D eigenvalue weighted by Gasteiger charge is 2.27. The molecule has 1 amide bonds. The maximum atomic E-state index is 13.2. The molecule has 1 aliphatic rings. The lowest BCUT2D eigenvalue weighted by molar-refractivity contribution is -0.679. The Kier molecular flexibility index (Phi) is 6.10. The number of fused-ring (bicyclic) bond motifs is 2. The van der Waals surface area contributed by atoms with Crippen LogP contribution in [0, 0.1) is 6.92 Å². The number of aromatic nitrogens is 3. The van der Waals surface area contributed by atoms with Crippen molar-refractivity contribution in [3.63, 3.8) is 0 Å². The minimum absolute atomic E-state index is 0.310. The highest BCUT2D eigenvalue weighted by atomic mass is 32.2. The van der Waals surface area contributed by atoms with Crippen molar-refractivity contribution in [2.24, 2.45) is 0 Å². The van der Waals surface area contributed by atoms with E-state index in [2.05, 4.69) is 10.3 Å². The van der Waals surface area contributed by atoms with Crippen LogP contribution < -0.4 is 18.9 Å². The number of anilines is 1. The number of nitrogens with zero attached hydrogens (tertiary/aromatic N) is 4. The number of aryl methyl sites for hydroxylation is 1. The standard InChI is InChI=1S/C29H27N5O5S/c1-18-5-7-19(8-6-18)28-27(29(35)30-2)23-12-22(24(13-25(23)39-28)32(3)40(4,36)37)20-11-21(15-31-14-20)34-16-26-33(17-34)9-10-38-26/h5-8,11-17H,9-10H2,1-4H3/p+1. The fraction of sp³-hybridized carbons (Fsp3) is 0.207. The summed E-state index contributed by atoms with van der Waals surface area (Å²) in [6, 6.07) is 13.1. The van der Waals surface area contributed by atoms with Gasteiger partial charge < -0.3 is 14.5 Å². The minimum atomic E-state index is -3.63. The number of hydrogen-bond acceptors (Lipinski definition) is 6. The molecule has 1 aliphatic heterocycles. The molecule has 0 radical (unpaired) electrons. The molecule has 6 rings (SSSR count). The van der Waals surface area contributed by atoms with Crippen LogP contribution in [0.15, 0.2) is 71.8 Å². The molecule has 40 heavy (non-hydrogen) atoms. The van der Waals surface area contributed by atoms with Gasteiger partial charge in [0.05, 0.1) is 23.7 Å². The zero-order valence-corrected chi connectivity index (χ0v) is 23.3. The Morgan fingerprint density at radius 1 is 1.12 bits per heavy atom. The molecule has 3 aromatic heterocycles. The number of carbonyl (C=O) groups is 1. The number of rotatable bonds is 6. The predicted octanol–water partition coefficient (Wildman–Crippen LogP) is 3.70. The number of pyridine rings is 1. The molecule has 5 aromatic rings. The second kappa shape index (κ2) is 9.53. The molecule has 0 unspecified atom stereocenters. The SMILES string of the molecule is CNC(=O)c1c(-c2ccc(C)cc2)oc2cc(N(C)S(C)(=O)=O)c(-c3cncc(-n4cc5[n+](c4)CCO5)c3)cc12. The summed E-state index contributed by atoms with van der Waals surface area (Å²) in [6.45, 7) is 3.39. The number of hydrogen-bond donors (Lipinski definition) is 1. The summed E-state index contributed by atoms with van der Waals surface area (Å²) in [7, 11) is -0.573. The summed E-state index contributed by atoms with van der Waals surface area (Å²) in [6.07, 6.45) is 8.36. The smallest absolute Gasteiger partial charge is 0.325 e. The topological polar surface area (TPSA) is 111 Å². The first-order valence-electron chi connectivity index (χ1n) is 12.7. The second-order valence-electron chi connectivity index (χ2n) is 9.81. The Bertz CT molecular complexity index is 1870. The van der Waals surface area contributed by atoms with Crippen molar-refractivity contribution in [3.8, 4) is 34.0 Å². The van der Waals surface area contributed by atoms with E-state index >= 15 is 0 Å². The van der Waals surface area contributed by atoms with Crippen molar-refractivity contribution in [1.29, 1.82) is 0 Å². The molecule has 0 aliphatic carbocycles. The molecule has 0 saturated heterocycles. The van der Waals surface area contributed by atoms with Crippen LogP contribution in [-0.4, -0.2) is 50.8 Å². The van der Waals surface area contributed by atoms with Crippen molar-refractivity contribution in [3.05, 3.63) is 78.5 Å². The first kappa shape index (κ1) is 25.6. The highest BCUT2D eigenvalue weighted by Crippen LogP contribution is 2.41. The van der Waals surface area contributed by atoms with Gasteiger partial charge in [0.15, 0.2) is 11.9 Å². The molecule has 0 fully saturated rings. The third kappa shape index (κ3) is 4.37. The Hall–Kier alpha value is -4.64. The van der Waals surface area contributed by atoms with Gasteiger partial charge in [-0.1, -0.05) is 29.8 Å². The summed E-state index contributed by atoms with van der Waals surface area (Å²) < 4.78 is 42.4. The molecule has 0 saturated carbocycles. The molecule has 2 aromatic carbocycles. The first-order valence-corrected chi connectivity index (χ1v) is 14.5. The van der Waals surface area contributed by atoms with Crippen LogP contribution in [0.1, 0.15) is 15.9 Å². The van der Waals surface area contributed by atoms with Gasteiger partial charge in [0.1, 0.15) is 24.5 Å². The third-order valence-electron chi connectivity index (χ3n) is 7.12. The maximum absolute atomic E-state index is 13.2. The number of carbonyl (C=O) groups excluding carboxylic acids is 1. The van der Waals surface area contributed by atoms with Crippen LogP contribution in [0.4, 0.5) is 5.69 Å². The summed E-state index contributed by atoms with van der Waals surface area (Å²) in [5.74, 6) is 0.863. The van der Waals surface area contributed by atoms with Crippen LogP contribution >= 0.6 is 0 Å². The number of amides is 1. The summed E-state index contributed by atoms with van der Waals surface area (Å²) in [4.78, 5) is 17.6. The van der Waals surface area contributed by atoms with Gasteiger partial charge in [-0.15, -0.1) is 0 Å². The van der Waals surface area contributed by atoms with Gasteiger partial charge in [0.25, 0.3) is 12.2 Å². The van der Waals surface area contributed by atoms with E-state index < -0.39 is 10.0 Å². The molecule has 4 heterocycles. The van der Waals surface area contributed by atoms with Crippen molar-refractivity contribution < 1.29 is 26.9 Å². The van der Waals surface area contributed by atoms with Gasteiger partial charge in [-0.3, -0.25) is 14.1 Å². The van der Waals surface area contributed by atoms with Crippen molar-refractivity contribution in [2.45, 2.75) is 13.5 Å². The van der Waals surface area contributed by atoms with E-state index in [1.807, 2.05) is 58.9 Å². The quantitative estimate of drug-likeness (QED) is 0.318. The fourth-order valence-electron chi connectivity index (χ4n) is 4.89. The number of nitrogens with one attached hydrogen (secondary N) is 1. The van der Waals surface area contributed by atoms with Crippen molar-refractivity contribution >= 4 is 32.6 Å². The molecule has 0 spiro atoms. The largest absolute Gasteiger partial charge is 0.455 e. The van der Waals surface area contributed by atoms with Crippen LogP contribution in [0.2, 0.25) is 0 Å². The highest BCUT2D eigenvalue weighted by molar-refractivity contribution is 7.92. The van der Waals surface area contributed by atoms with E-state index in [9.17, 15) is 13.2 Å². The zero-order chi connectivity index (χ0) is 28.2. The lowest BCUT2D eigenvalue weighted by atomic mass is 9.99. The molecular weight excluding hydrogens is 530 g/mol. The Labute approximate surface area is 231 Å². The Morgan fingerprint density at radius 2 is 1.90 bits per heavy atom. The number of furan rings is 1. The predicted molar refractivity (Wildman–Crippen MR) is 151 cm³/mol. The summed E-state index contributed by atoms with van der Waals surface area (Å²) in [5, 5.41) is 3.28. The number of sulfonamides is 1. The second-order valence-corrected chi connectivity index (χ2v) is 11.8. The minimum Gasteiger partial charge on any atom is -0.455 e. The van der Waals surface area contributed by atoms with Crippen molar-refractivity contribution in [1.82, 2.24) is 14.9 Å². The Morgan fingerprint density at radius 3 is 2.60 bits per heavy atom. The van der Waals surface area contributed by atoms with Crippen LogP contribution in [-0.2, 0) is 16.6 Å². The van der Waals surface area contributed by atoms with E-state index in [4.69, 9.17) is 9.15 Å². The average Bonchev–Trinajstić information content (AvgIpc) is 3.65. The number of imidazole rings is 1. The third-order valence-corrected chi connectivity index (χ3v) is 8.31. The van der Waals surface area contributed by atoms with Crippen LogP contribution in [0.3, 0.4) is 0 Å². The average molecular weight is 559 g/mol. The van der Waals surface area contributed by atoms with E-state index in [0.29, 0.717) is 45.7 Å². The van der Waals surface area contributed by atoms with E-state index in [0.717, 1.165) is 35.5 Å². The van der Waals surface area contributed by atoms with Gasteiger partial charge in [-0.05, 0) is 19.1 Å². The molecule has 204 valence electrons. The number of ether oxygens (including phenoxy) is 1. The van der Waals surface area contributed by atoms with Crippen molar-refractivity contribution in [2.75, 3.05) is 31.3 Å². The van der Waals surface area contributed by atoms with Gasteiger partial charge in [-0.2, -0.15) is 9.13 Å². The Balaban J connectivity index is 1.59. The normalized spacial score (nSPS) is 12.8. The van der Waals surface area contributed by atoms with Crippen LogP contribution in [0.25, 0.3) is 39.1 Å². The molecular formula is C29H28N5O5S+. The summed E-state index contributed by atoms with van der Waals surface area (Å²) >= 11 is 0. The number of benzene rings is 2. The van der Waals surface area contributed by atoms with Gasteiger partial charge in [-0.25, -0.2) is 8.42 Å². The molecule has 0 bridgehead atoms. The lowest BCUT2D eigenvalue weighted by Crippen LogP contribution is -2.27. The van der Waals surface area contributed by atoms with Crippen LogP contribution in [0.5, 0.6) is 5.88 Å². The first-order chi connectivity index (χ1) is 19.1. The fourth-order valence-corrected chi connectivity index (χ4v) is 5.40. The van der Waals surface area contributed by atoms with E-state index in [1.165, 1.54) is 11.4 Å². The maximum Gasteiger partial charge on any atom is 0.325 e. The molecule has 10 nitrogen and oxygen atoms in total. The molecule has 11 heteroatoms.